The number of halogens is 2. The van der Waals surface area contributed by atoms with Crippen LogP contribution in [-0.2, 0) is 14.3 Å². The van der Waals surface area contributed by atoms with Crippen molar-refractivity contribution in [1.29, 1.82) is 0 Å². The molecule has 0 spiro atoms. The molecule has 0 aromatic heterocycles. The first-order chi connectivity index (χ1) is 12.3. The van der Waals surface area contributed by atoms with Gasteiger partial charge in [-0.3, -0.25) is 14.4 Å². The fourth-order valence-electron chi connectivity index (χ4n) is 2.05. The van der Waals surface area contributed by atoms with Crippen LogP contribution in [0.1, 0.15) is 28.8 Å². The number of rotatable bonds is 7. The van der Waals surface area contributed by atoms with Crippen molar-refractivity contribution in [2.75, 3.05) is 11.9 Å². The van der Waals surface area contributed by atoms with Gasteiger partial charge in [0.25, 0.3) is 0 Å². The van der Waals surface area contributed by atoms with E-state index in [1.807, 2.05) is 6.92 Å². The molecule has 0 saturated carbocycles. The van der Waals surface area contributed by atoms with Crippen LogP contribution in [0.5, 0.6) is 0 Å². The maximum atomic E-state index is 11.9. The molecule has 0 radical (unpaired) electrons. The number of Topliss-reactive ketones (excluding diaryl/α,β-unsaturated/α-hetero) is 1. The number of ether oxygens (including phenoxy) is 1. The van der Waals surface area contributed by atoms with Gasteiger partial charge in [0, 0.05) is 27.2 Å². The first-order valence-electron chi connectivity index (χ1n) is 7.85. The molecule has 2 aromatic rings. The Labute approximate surface area is 164 Å². The van der Waals surface area contributed by atoms with E-state index in [9.17, 15) is 14.4 Å². The summed E-state index contributed by atoms with van der Waals surface area (Å²) in [6, 6.07) is 11.9. The van der Waals surface area contributed by atoms with E-state index in [0.717, 1.165) is 10.0 Å². The molecule has 7 heteroatoms. The molecular weight excluding hydrogens is 422 g/mol. The van der Waals surface area contributed by atoms with Crippen LogP contribution >= 0.6 is 27.5 Å². The Morgan fingerprint density at radius 2 is 1.77 bits per heavy atom. The molecule has 0 aliphatic carbocycles. The van der Waals surface area contributed by atoms with E-state index >= 15 is 0 Å². The van der Waals surface area contributed by atoms with Gasteiger partial charge in [0.15, 0.2) is 12.4 Å². The predicted molar refractivity (Wildman–Crippen MR) is 103 cm³/mol. The smallest absolute Gasteiger partial charge is 0.306 e. The van der Waals surface area contributed by atoms with E-state index in [-0.39, 0.29) is 31.1 Å². The summed E-state index contributed by atoms with van der Waals surface area (Å²) in [6.45, 7) is 1.51. The van der Waals surface area contributed by atoms with Gasteiger partial charge in [-0.05, 0) is 36.8 Å². The summed E-state index contributed by atoms with van der Waals surface area (Å²) >= 11 is 9.27. The summed E-state index contributed by atoms with van der Waals surface area (Å²) in [7, 11) is 0. The SMILES string of the molecule is Cc1ccc(NC(=O)CCC(=O)OCC(=O)c2ccc(Br)cc2)cc1Cl. The molecule has 1 amide bonds. The monoisotopic (exact) mass is 437 g/mol. The van der Waals surface area contributed by atoms with Crippen LogP contribution in [0.15, 0.2) is 46.9 Å². The van der Waals surface area contributed by atoms with Gasteiger partial charge in [0.2, 0.25) is 5.91 Å². The second-order valence-corrected chi connectivity index (χ2v) is 6.93. The average molecular weight is 439 g/mol. The molecule has 5 nitrogen and oxygen atoms in total. The standard InChI is InChI=1S/C19H17BrClNO4/c1-12-2-7-15(10-16(12)21)22-18(24)8-9-19(25)26-11-17(23)13-3-5-14(20)6-4-13/h2-7,10H,8-9,11H2,1H3,(H,22,24). The second-order valence-electron chi connectivity index (χ2n) is 5.60. The first kappa shape index (κ1) is 20.1. The molecule has 0 heterocycles. The van der Waals surface area contributed by atoms with Gasteiger partial charge < -0.3 is 10.1 Å². The number of carbonyl (C=O) groups excluding carboxylic acids is 3. The molecule has 0 unspecified atom stereocenters. The van der Waals surface area contributed by atoms with Crippen molar-refractivity contribution < 1.29 is 19.1 Å². The van der Waals surface area contributed by atoms with Crippen LogP contribution in [0.4, 0.5) is 5.69 Å². The largest absolute Gasteiger partial charge is 0.457 e. The van der Waals surface area contributed by atoms with Crippen LogP contribution in [0.25, 0.3) is 0 Å². The van der Waals surface area contributed by atoms with Gasteiger partial charge >= 0.3 is 5.97 Å². The van der Waals surface area contributed by atoms with Crippen LogP contribution in [0.2, 0.25) is 5.02 Å². The van der Waals surface area contributed by atoms with Gasteiger partial charge in [-0.25, -0.2) is 0 Å². The maximum Gasteiger partial charge on any atom is 0.306 e. The zero-order valence-electron chi connectivity index (χ0n) is 14.1. The molecule has 0 bridgehead atoms. The lowest BCUT2D eigenvalue weighted by atomic mass is 10.1. The molecule has 0 aliphatic rings. The summed E-state index contributed by atoms with van der Waals surface area (Å²) in [6.07, 6.45) is -0.157. The van der Waals surface area contributed by atoms with Gasteiger partial charge in [-0.15, -0.1) is 0 Å². The Morgan fingerprint density at radius 1 is 1.08 bits per heavy atom. The summed E-state index contributed by atoms with van der Waals surface area (Å²) in [5.74, 6) is -1.24. The minimum Gasteiger partial charge on any atom is -0.457 e. The minimum atomic E-state index is -0.604. The van der Waals surface area contributed by atoms with Crippen molar-refractivity contribution >= 4 is 50.9 Å². The maximum absolute atomic E-state index is 11.9. The van der Waals surface area contributed by atoms with Crippen molar-refractivity contribution in [3.8, 4) is 0 Å². The number of aryl methyl sites for hydroxylation is 1. The molecule has 1 N–H and O–H groups in total. The summed E-state index contributed by atoms with van der Waals surface area (Å²) in [4.78, 5) is 35.5. The number of carbonyl (C=O) groups is 3. The topological polar surface area (TPSA) is 72.5 Å². The Hall–Kier alpha value is -2.18. The highest BCUT2D eigenvalue weighted by Crippen LogP contribution is 2.20. The van der Waals surface area contributed by atoms with Gasteiger partial charge in [-0.1, -0.05) is 45.7 Å². The Balaban J connectivity index is 1.73. The molecular formula is C19H17BrClNO4. The van der Waals surface area contributed by atoms with Crippen LogP contribution in [0.3, 0.4) is 0 Å². The number of amides is 1. The fraction of sp³-hybridized carbons (Fsp3) is 0.211. The number of hydrogen-bond donors (Lipinski definition) is 1. The normalized spacial score (nSPS) is 10.3. The Bertz CT molecular complexity index is 821. The quantitative estimate of drug-likeness (QED) is 0.508. The molecule has 136 valence electrons. The second kappa shape index (κ2) is 9.50. The summed E-state index contributed by atoms with van der Waals surface area (Å²) in [5, 5.41) is 3.21. The van der Waals surface area contributed by atoms with E-state index in [0.29, 0.717) is 16.3 Å². The molecule has 0 atom stereocenters. The molecule has 26 heavy (non-hydrogen) atoms. The molecule has 2 aromatic carbocycles. The van der Waals surface area contributed by atoms with Crippen molar-refractivity contribution in [2.45, 2.75) is 19.8 Å². The lowest BCUT2D eigenvalue weighted by Crippen LogP contribution is -2.17. The number of nitrogens with one attached hydrogen (secondary N) is 1. The van der Waals surface area contributed by atoms with Crippen molar-refractivity contribution in [1.82, 2.24) is 0 Å². The number of esters is 1. The number of benzene rings is 2. The zero-order valence-corrected chi connectivity index (χ0v) is 16.4. The highest BCUT2D eigenvalue weighted by molar-refractivity contribution is 9.10. The number of anilines is 1. The average Bonchev–Trinajstić information content (AvgIpc) is 2.61. The zero-order chi connectivity index (χ0) is 19.1. The van der Waals surface area contributed by atoms with Crippen molar-refractivity contribution in [2.24, 2.45) is 0 Å². The third-order valence-corrected chi connectivity index (χ3v) is 4.48. The van der Waals surface area contributed by atoms with Crippen molar-refractivity contribution in [3.63, 3.8) is 0 Å². The van der Waals surface area contributed by atoms with Crippen molar-refractivity contribution in [3.05, 3.63) is 63.1 Å². The van der Waals surface area contributed by atoms with Gasteiger partial charge in [0.05, 0.1) is 6.42 Å². The lowest BCUT2D eigenvalue weighted by Gasteiger charge is -2.07. The summed E-state index contributed by atoms with van der Waals surface area (Å²) in [5.41, 5.74) is 1.92. The highest BCUT2D eigenvalue weighted by Gasteiger charge is 2.12. The van der Waals surface area contributed by atoms with E-state index in [2.05, 4.69) is 21.2 Å². The van der Waals surface area contributed by atoms with Gasteiger partial charge in [-0.2, -0.15) is 0 Å². The predicted octanol–water partition coefficient (Wildman–Crippen LogP) is 4.56. The molecule has 0 saturated heterocycles. The van der Waals surface area contributed by atoms with E-state index in [4.69, 9.17) is 16.3 Å². The minimum absolute atomic E-state index is 0.0448. The molecule has 0 aliphatic heterocycles. The molecule has 0 fully saturated rings. The van der Waals surface area contributed by atoms with Gasteiger partial charge in [0.1, 0.15) is 0 Å². The van der Waals surface area contributed by atoms with E-state index < -0.39 is 5.97 Å². The first-order valence-corrected chi connectivity index (χ1v) is 9.02. The lowest BCUT2D eigenvalue weighted by molar-refractivity contribution is -0.143. The van der Waals surface area contributed by atoms with Crippen LogP contribution in [0, 0.1) is 6.92 Å². The number of hydrogen-bond acceptors (Lipinski definition) is 4. The van der Waals surface area contributed by atoms with E-state index in [1.54, 1.807) is 42.5 Å². The third kappa shape index (κ3) is 6.28. The Morgan fingerprint density at radius 3 is 2.42 bits per heavy atom. The van der Waals surface area contributed by atoms with Crippen LogP contribution < -0.4 is 5.32 Å². The Kier molecular flexibility index (Phi) is 7.36. The summed E-state index contributed by atoms with van der Waals surface area (Å²) < 4.78 is 5.78. The van der Waals surface area contributed by atoms with Crippen LogP contribution in [-0.4, -0.2) is 24.3 Å². The number of ketones is 1. The fourth-order valence-corrected chi connectivity index (χ4v) is 2.49. The van der Waals surface area contributed by atoms with E-state index in [1.165, 1.54) is 0 Å². The molecule has 2 rings (SSSR count). The highest BCUT2D eigenvalue weighted by atomic mass is 79.9. The third-order valence-electron chi connectivity index (χ3n) is 3.54.